The highest BCUT2D eigenvalue weighted by atomic mass is 32.2. The third kappa shape index (κ3) is 6.01. The fourth-order valence-electron chi connectivity index (χ4n) is 2.35. The second-order valence-corrected chi connectivity index (χ2v) is 10.1. The number of methoxy groups -OCH3 is 1. The van der Waals surface area contributed by atoms with Crippen LogP contribution in [-0.4, -0.2) is 60.8 Å². The molecule has 31 heavy (non-hydrogen) atoms. The molecule has 2 aromatic rings. The van der Waals surface area contributed by atoms with E-state index in [0.29, 0.717) is 0 Å². The van der Waals surface area contributed by atoms with Crippen molar-refractivity contribution in [3.05, 3.63) is 48.0 Å². The number of ether oxygens (including phenoxy) is 2. The topological polar surface area (TPSA) is 162 Å². The van der Waals surface area contributed by atoms with Crippen molar-refractivity contribution in [3.8, 4) is 5.75 Å². The van der Waals surface area contributed by atoms with Crippen LogP contribution in [0.2, 0.25) is 0 Å². The Hall–Kier alpha value is -3.00. The van der Waals surface area contributed by atoms with Gasteiger partial charge in [-0.15, -0.1) is 0 Å². The predicted octanol–water partition coefficient (Wildman–Crippen LogP) is 0.388. The van der Waals surface area contributed by atoms with E-state index < -0.39 is 38.5 Å². The van der Waals surface area contributed by atoms with Crippen LogP contribution in [0.25, 0.3) is 0 Å². The molecule has 3 N–H and O–H groups in total. The van der Waals surface area contributed by atoms with Gasteiger partial charge in [0.2, 0.25) is 20.0 Å². The molecule has 0 aliphatic rings. The lowest BCUT2D eigenvalue weighted by Gasteiger charge is -2.12. The number of carbonyl (C=O) groups excluding carboxylic acids is 2. The summed E-state index contributed by atoms with van der Waals surface area (Å²) >= 11 is 0. The van der Waals surface area contributed by atoms with Crippen molar-refractivity contribution in [3.63, 3.8) is 0 Å². The number of benzene rings is 2. The Kier molecular flexibility index (Phi) is 7.38. The normalized spacial score (nSPS) is 11.8. The molecule has 0 aromatic heterocycles. The molecule has 13 heteroatoms. The van der Waals surface area contributed by atoms with Gasteiger partial charge in [0.1, 0.15) is 11.3 Å². The van der Waals surface area contributed by atoms with Gasteiger partial charge < -0.3 is 14.8 Å². The number of sulfonamides is 2. The van der Waals surface area contributed by atoms with E-state index in [0.717, 1.165) is 16.4 Å². The second kappa shape index (κ2) is 9.43. The average Bonchev–Trinajstić information content (AvgIpc) is 2.71. The standard InChI is InChI=1S/C18H21N3O8S2/c1-21(2)31(26,27)13-6-4-12(5-7-13)20-17(22)11-29-18(23)15-10-14(30(19,24)25)8-9-16(15)28-3/h4-10H,11H2,1-3H3,(H,20,22)(H2,19,24,25). The molecular formula is C18H21N3O8S2. The van der Waals surface area contributed by atoms with Gasteiger partial charge in [-0.3, -0.25) is 4.79 Å². The third-order valence-corrected chi connectivity index (χ3v) is 6.71. The number of nitrogens with zero attached hydrogens (tertiary/aromatic N) is 1. The Bertz CT molecular complexity index is 1190. The number of nitrogens with one attached hydrogen (secondary N) is 1. The predicted molar refractivity (Wildman–Crippen MR) is 111 cm³/mol. The molecule has 0 aliphatic carbocycles. The smallest absolute Gasteiger partial charge is 0.342 e. The third-order valence-electron chi connectivity index (χ3n) is 3.97. The first kappa shape index (κ1) is 24.3. The Labute approximate surface area is 179 Å². The summed E-state index contributed by atoms with van der Waals surface area (Å²) in [5.74, 6) is -1.65. The van der Waals surface area contributed by atoms with E-state index in [-0.39, 0.29) is 26.8 Å². The minimum Gasteiger partial charge on any atom is -0.496 e. The van der Waals surface area contributed by atoms with Gasteiger partial charge in [-0.25, -0.2) is 31.1 Å². The van der Waals surface area contributed by atoms with Crippen molar-refractivity contribution in [2.75, 3.05) is 33.1 Å². The number of hydrogen-bond acceptors (Lipinski definition) is 8. The molecule has 1 amide bonds. The van der Waals surface area contributed by atoms with Crippen LogP contribution >= 0.6 is 0 Å². The molecule has 11 nitrogen and oxygen atoms in total. The lowest BCUT2D eigenvalue weighted by molar-refractivity contribution is -0.119. The lowest BCUT2D eigenvalue weighted by atomic mass is 10.2. The number of rotatable bonds is 8. The van der Waals surface area contributed by atoms with Gasteiger partial charge in [0, 0.05) is 19.8 Å². The molecule has 168 valence electrons. The molecule has 0 bridgehead atoms. The van der Waals surface area contributed by atoms with E-state index in [1.54, 1.807) is 0 Å². The first-order valence-electron chi connectivity index (χ1n) is 8.56. The highest BCUT2D eigenvalue weighted by Gasteiger charge is 2.20. The molecule has 0 unspecified atom stereocenters. The van der Waals surface area contributed by atoms with E-state index in [1.807, 2.05) is 0 Å². The molecule has 2 aromatic carbocycles. The van der Waals surface area contributed by atoms with Crippen LogP contribution in [0.1, 0.15) is 10.4 Å². The zero-order valence-electron chi connectivity index (χ0n) is 16.9. The van der Waals surface area contributed by atoms with Crippen LogP contribution < -0.4 is 15.2 Å². The molecule has 0 spiro atoms. The van der Waals surface area contributed by atoms with E-state index in [1.165, 1.54) is 51.5 Å². The molecule has 0 saturated carbocycles. The first-order valence-corrected chi connectivity index (χ1v) is 11.6. The fraction of sp³-hybridized carbons (Fsp3) is 0.222. The molecule has 0 radical (unpaired) electrons. The van der Waals surface area contributed by atoms with Crippen LogP contribution in [0.5, 0.6) is 5.75 Å². The van der Waals surface area contributed by atoms with Gasteiger partial charge in [0.25, 0.3) is 5.91 Å². The number of amides is 1. The Balaban J connectivity index is 2.06. The SMILES string of the molecule is COc1ccc(S(N)(=O)=O)cc1C(=O)OCC(=O)Nc1ccc(S(=O)(=O)N(C)C)cc1. The van der Waals surface area contributed by atoms with E-state index in [4.69, 9.17) is 14.6 Å². The Morgan fingerprint density at radius 2 is 1.58 bits per heavy atom. The minimum atomic E-state index is -4.06. The molecule has 2 rings (SSSR count). The maximum Gasteiger partial charge on any atom is 0.342 e. The maximum atomic E-state index is 12.3. The zero-order valence-corrected chi connectivity index (χ0v) is 18.5. The summed E-state index contributed by atoms with van der Waals surface area (Å²) in [4.78, 5) is 24.1. The maximum absolute atomic E-state index is 12.3. The number of primary sulfonamides is 1. The quantitative estimate of drug-likeness (QED) is 0.522. The summed E-state index contributed by atoms with van der Waals surface area (Å²) in [6, 6.07) is 8.79. The average molecular weight is 472 g/mol. The van der Waals surface area contributed by atoms with Crippen molar-refractivity contribution in [2.24, 2.45) is 5.14 Å². The van der Waals surface area contributed by atoms with Crippen molar-refractivity contribution < 1.29 is 35.9 Å². The van der Waals surface area contributed by atoms with E-state index in [2.05, 4.69) is 5.32 Å². The Morgan fingerprint density at radius 1 is 1.00 bits per heavy atom. The van der Waals surface area contributed by atoms with Crippen molar-refractivity contribution in [2.45, 2.75) is 9.79 Å². The minimum absolute atomic E-state index is 0.0375. The van der Waals surface area contributed by atoms with Gasteiger partial charge in [0.15, 0.2) is 6.61 Å². The fourth-order valence-corrected chi connectivity index (χ4v) is 3.79. The highest BCUT2D eigenvalue weighted by Crippen LogP contribution is 2.23. The van der Waals surface area contributed by atoms with Gasteiger partial charge >= 0.3 is 5.97 Å². The van der Waals surface area contributed by atoms with E-state index >= 15 is 0 Å². The van der Waals surface area contributed by atoms with E-state index in [9.17, 15) is 26.4 Å². The number of esters is 1. The molecule has 0 fully saturated rings. The van der Waals surface area contributed by atoms with Gasteiger partial charge in [-0.1, -0.05) is 0 Å². The first-order chi connectivity index (χ1) is 14.4. The number of anilines is 1. The van der Waals surface area contributed by atoms with Gasteiger partial charge in [-0.05, 0) is 42.5 Å². The molecule has 0 atom stereocenters. The zero-order chi connectivity index (χ0) is 23.4. The van der Waals surface area contributed by atoms with Crippen molar-refractivity contribution in [1.29, 1.82) is 0 Å². The molecule has 0 saturated heterocycles. The van der Waals surface area contributed by atoms with Gasteiger partial charge in [0.05, 0.1) is 16.9 Å². The van der Waals surface area contributed by atoms with Crippen molar-refractivity contribution in [1.82, 2.24) is 4.31 Å². The Morgan fingerprint density at radius 3 is 2.10 bits per heavy atom. The summed E-state index contributed by atoms with van der Waals surface area (Å²) in [6.45, 7) is -0.681. The van der Waals surface area contributed by atoms with Crippen LogP contribution in [-0.2, 0) is 29.6 Å². The summed E-state index contributed by atoms with van der Waals surface area (Å²) < 4.78 is 58.0. The summed E-state index contributed by atoms with van der Waals surface area (Å²) in [7, 11) is -3.61. The van der Waals surface area contributed by atoms with Crippen molar-refractivity contribution >= 4 is 37.6 Å². The second-order valence-electron chi connectivity index (χ2n) is 6.34. The van der Waals surface area contributed by atoms with Crippen LogP contribution in [0, 0.1) is 0 Å². The number of carbonyl (C=O) groups is 2. The number of hydrogen-bond donors (Lipinski definition) is 2. The molecule has 0 aliphatic heterocycles. The van der Waals surface area contributed by atoms with Crippen LogP contribution in [0.3, 0.4) is 0 Å². The summed E-state index contributed by atoms with van der Waals surface area (Å²) in [6.07, 6.45) is 0. The largest absolute Gasteiger partial charge is 0.496 e. The van der Waals surface area contributed by atoms with Crippen LogP contribution in [0.4, 0.5) is 5.69 Å². The number of nitrogens with two attached hydrogens (primary N) is 1. The summed E-state index contributed by atoms with van der Waals surface area (Å²) in [5.41, 5.74) is 0.0626. The van der Waals surface area contributed by atoms with Crippen LogP contribution in [0.15, 0.2) is 52.3 Å². The molecular weight excluding hydrogens is 450 g/mol. The van der Waals surface area contributed by atoms with Gasteiger partial charge in [-0.2, -0.15) is 0 Å². The monoisotopic (exact) mass is 471 g/mol. The highest BCUT2D eigenvalue weighted by molar-refractivity contribution is 7.89. The molecule has 0 heterocycles. The lowest BCUT2D eigenvalue weighted by Crippen LogP contribution is -2.23. The summed E-state index contributed by atoms with van der Waals surface area (Å²) in [5, 5.41) is 7.50.